The topological polar surface area (TPSA) is 112 Å². The normalized spacial score (nSPS) is 23.1. The van der Waals surface area contributed by atoms with Crippen molar-refractivity contribution < 1.29 is 29.7 Å². The molecule has 1 atom stereocenters. The van der Waals surface area contributed by atoms with Crippen LogP contribution in [0.25, 0.3) is 0 Å². The van der Waals surface area contributed by atoms with Gasteiger partial charge in [0, 0.05) is 7.92 Å². The standard InChI is InChI=1S/C11H17O6P.Na.H/c12-8(13)11(9(14)15)6-4-2-1-3-5-7-18(11)10(16)17;;/h1-7H2,(H,12,13)(H,14,15)(H,16,17);;. The Morgan fingerprint density at radius 1 is 0.842 bits per heavy atom. The number of carbonyl (C=O) groups is 3. The molecule has 0 bridgehead atoms. The van der Waals surface area contributed by atoms with E-state index in [1.54, 1.807) is 0 Å². The maximum atomic E-state index is 11.4. The molecule has 6 nitrogen and oxygen atoms in total. The Morgan fingerprint density at radius 2 is 1.32 bits per heavy atom. The molecule has 0 radical (unpaired) electrons. The number of hydrogen-bond donors (Lipinski definition) is 3. The first-order valence-electron chi connectivity index (χ1n) is 5.90. The van der Waals surface area contributed by atoms with E-state index in [9.17, 15) is 29.7 Å². The van der Waals surface area contributed by atoms with Gasteiger partial charge >= 0.3 is 47.2 Å². The molecule has 8 heteroatoms. The second kappa shape index (κ2) is 8.20. The Bertz CT molecular complexity index is 345. The molecule has 0 aromatic rings. The molecule has 1 heterocycles. The van der Waals surface area contributed by atoms with Gasteiger partial charge in [-0.2, -0.15) is 0 Å². The van der Waals surface area contributed by atoms with Gasteiger partial charge in [0.2, 0.25) is 0 Å². The third kappa shape index (κ3) is 4.15. The van der Waals surface area contributed by atoms with Crippen molar-refractivity contribution >= 4 is 55.1 Å². The van der Waals surface area contributed by atoms with Crippen molar-refractivity contribution in [3.05, 3.63) is 0 Å². The molecule has 1 saturated heterocycles. The third-order valence-corrected chi connectivity index (χ3v) is 6.07. The van der Waals surface area contributed by atoms with Crippen molar-refractivity contribution in [2.75, 3.05) is 6.16 Å². The zero-order chi connectivity index (χ0) is 13.8. The van der Waals surface area contributed by atoms with Crippen LogP contribution in [-0.4, -0.2) is 73.8 Å². The molecule has 0 saturated carbocycles. The molecule has 0 aliphatic carbocycles. The van der Waals surface area contributed by atoms with Gasteiger partial charge in [-0.15, -0.1) is 0 Å². The number of carboxylic acids is 2. The Balaban J connectivity index is 0.00000324. The van der Waals surface area contributed by atoms with Crippen LogP contribution in [0.1, 0.15) is 38.5 Å². The molecule has 19 heavy (non-hydrogen) atoms. The van der Waals surface area contributed by atoms with Gasteiger partial charge in [-0.1, -0.05) is 25.7 Å². The summed E-state index contributed by atoms with van der Waals surface area (Å²) in [5.41, 5.74) is -1.27. The van der Waals surface area contributed by atoms with Gasteiger partial charge in [0.15, 0.2) is 5.16 Å². The van der Waals surface area contributed by atoms with Crippen molar-refractivity contribution in [1.29, 1.82) is 0 Å². The number of hydrogen-bond acceptors (Lipinski definition) is 3. The molecule has 0 spiro atoms. The van der Waals surface area contributed by atoms with Crippen LogP contribution in [0.5, 0.6) is 0 Å². The zero-order valence-electron chi connectivity index (χ0n) is 9.96. The average Bonchev–Trinajstić information content (AvgIpc) is 2.37. The quantitative estimate of drug-likeness (QED) is 0.416. The first kappa shape index (κ1) is 18.8. The van der Waals surface area contributed by atoms with Crippen molar-refractivity contribution in [2.45, 2.75) is 43.7 Å². The van der Waals surface area contributed by atoms with Crippen LogP contribution in [0.15, 0.2) is 0 Å². The van der Waals surface area contributed by atoms with Crippen LogP contribution < -0.4 is 0 Å². The van der Waals surface area contributed by atoms with Gasteiger partial charge in [-0.3, -0.25) is 9.59 Å². The minimum absolute atomic E-state index is 0. The van der Waals surface area contributed by atoms with Crippen molar-refractivity contribution in [1.82, 2.24) is 0 Å². The van der Waals surface area contributed by atoms with Crippen molar-refractivity contribution in [2.24, 2.45) is 0 Å². The summed E-state index contributed by atoms with van der Waals surface area (Å²) in [6, 6.07) is 0. The van der Waals surface area contributed by atoms with Crippen LogP contribution >= 0.6 is 7.92 Å². The van der Waals surface area contributed by atoms with E-state index in [0.29, 0.717) is 12.8 Å². The van der Waals surface area contributed by atoms with E-state index in [0.717, 1.165) is 19.3 Å². The first-order valence-corrected chi connectivity index (χ1v) is 7.43. The van der Waals surface area contributed by atoms with E-state index >= 15 is 0 Å². The van der Waals surface area contributed by atoms with Gasteiger partial charge in [0.05, 0.1) is 0 Å². The fourth-order valence-electron chi connectivity index (χ4n) is 2.30. The van der Waals surface area contributed by atoms with E-state index in [1.807, 2.05) is 0 Å². The predicted molar refractivity (Wildman–Crippen MR) is 72.7 cm³/mol. The van der Waals surface area contributed by atoms with Crippen LogP contribution in [0.2, 0.25) is 0 Å². The summed E-state index contributed by atoms with van der Waals surface area (Å²) in [7, 11) is -2.10. The molecule has 3 N–H and O–H groups in total. The summed E-state index contributed by atoms with van der Waals surface area (Å²) in [5.74, 6) is -3.02. The summed E-state index contributed by atoms with van der Waals surface area (Å²) in [4.78, 5) is 34.0. The van der Waals surface area contributed by atoms with Crippen LogP contribution in [0.3, 0.4) is 0 Å². The first-order chi connectivity index (χ1) is 8.43. The SMILES string of the molecule is O=C(O)P1CCCCCCCC1(C(=O)O)C(=O)O.[NaH]. The molecule has 0 amide bonds. The second-order valence-corrected chi connectivity index (χ2v) is 6.87. The summed E-state index contributed by atoms with van der Waals surface area (Å²) in [6.07, 6.45) is 3.61. The summed E-state index contributed by atoms with van der Waals surface area (Å²) < 4.78 is 0. The van der Waals surface area contributed by atoms with Crippen LogP contribution in [-0.2, 0) is 9.59 Å². The average molecular weight is 300 g/mol. The second-order valence-electron chi connectivity index (χ2n) is 4.42. The van der Waals surface area contributed by atoms with Crippen LogP contribution in [0.4, 0.5) is 4.79 Å². The summed E-state index contributed by atoms with van der Waals surface area (Å²) in [5, 5.41) is 25.6. The van der Waals surface area contributed by atoms with Gasteiger partial charge in [0.1, 0.15) is 0 Å². The number of aliphatic carboxylic acids is 2. The molecule has 0 aromatic heterocycles. The van der Waals surface area contributed by atoms with Gasteiger partial charge in [-0.25, -0.2) is 4.79 Å². The fraction of sp³-hybridized carbons (Fsp3) is 0.727. The molecular weight excluding hydrogens is 282 g/mol. The fourth-order valence-corrected chi connectivity index (χ4v) is 4.63. The van der Waals surface area contributed by atoms with E-state index in [2.05, 4.69) is 0 Å². The zero-order valence-corrected chi connectivity index (χ0v) is 10.9. The molecule has 0 aromatic carbocycles. The van der Waals surface area contributed by atoms with Crippen molar-refractivity contribution in [3.63, 3.8) is 0 Å². The molecule has 1 aliphatic heterocycles. The van der Waals surface area contributed by atoms with E-state index in [4.69, 9.17) is 0 Å². The molecule has 1 unspecified atom stereocenters. The minimum atomic E-state index is -2.12. The Morgan fingerprint density at radius 3 is 1.79 bits per heavy atom. The maximum absolute atomic E-state index is 11.4. The van der Waals surface area contributed by atoms with E-state index in [1.165, 1.54) is 0 Å². The van der Waals surface area contributed by atoms with Gasteiger partial charge < -0.3 is 15.3 Å². The third-order valence-electron chi connectivity index (χ3n) is 3.32. The number of rotatable bonds is 3. The van der Waals surface area contributed by atoms with E-state index in [-0.39, 0.29) is 42.1 Å². The summed E-state index contributed by atoms with van der Waals surface area (Å²) >= 11 is 0. The van der Waals surface area contributed by atoms with Gasteiger partial charge in [0.25, 0.3) is 0 Å². The Labute approximate surface area is 134 Å². The molecule has 1 rings (SSSR count). The Hall–Kier alpha value is -0.160. The van der Waals surface area contributed by atoms with Crippen molar-refractivity contribution in [3.8, 4) is 0 Å². The predicted octanol–water partition coefficient (Wildman–Crippen LogP) is 1.76. The molecule has 104 valence electrons. The van der Waals surface area contributed by atoms with Gasteiger partial charge in [-0.05, 0) is 19.0 Å². The molecular formula is C11H18NaO6P. The summed E-state index contributed by atoms with van der Waals surface area (Å²) in [6.45, 7) is 0. The number of carboxylic acid groups (broad SMARTS) is 3. The monoisotopic (exact) mass is 300 g/mol. The molecule has 1 aliphatic rings. The van der Waals surface area contributed by atoms with Crippen LogP contribution in [0, 0.1) is 0 Å². The molecule has 1 fully saturated rings. The van der Waals surface area contributed by atoms with E-state index < -0.39 is 30.7 Å². The Kier molecular flexibility index (Phi) is 8.13.